The lowest BCUT2D eigenvalue weighted by Crippen LogP contribution is -2.01. The average Bonchev–Trinajstić information content (AvgIpc) is 2.10. The number of hydrogen-bond donors (Lipinski definition) is 0. The molecule has 1 aromatic rings. The summed E-state index contributed by atoms with van der Waals surface area (Å²) in [6, 6.07) is 2.76. The number of hydrogen-bond acceptors (Lipinski definition) is 2. The summed E-state index contributed by atoms with van der Waals surface area (Å²) in [4.78, 5) is 11.1. The van der Waals surface area contributed by atoms with Gasteiger partial charge in [-0.15, -0.1) is 0 Å². The summed E-state index contributed by atoms with van der Waals surface area (Å²) in [6.45, 7) is 3.61. The molecular formula is C10H10FIO2. The highest BCUT2D eigenvalue weighted by atomic mass is 127. The van der Waals surface area contributed by atoms with Gasteiger partial charge in [-0.3, -0.25) is 4.79 Å². The molecule has 0 aliphatic carbocycles. The summed E-state index contributed by atoms with van der Waals surface area (Å²) in [5.74, 6) is -0.435. The van der Waals surface area contributed by atoms with Gasteiger partial charge < -0.3 is 4.74 Å². The molecule has 1 rings (SSSR count). The first-order valence-corrected chi connectivity index (χ1v) is 5.27. The topological polar surface area (TPSA) is 26.3 Å². The van der Waals surface area contributed by atoms with Crippen LogP contribution in [-0.4, -0.2) is 12.4 Å². The van der Waals surface area contributed by atoms with Crippen LogP contribution in [0.1, 0.15) is 24.2 Å². The molecule has 0 aliphatic rings. The SMILES string of the molecule is CCOc1cc(I)c(C(C)=O)cc1F. The lowest BCUT2D eigenvalue weighted by molar-refractivity contribution is 0.101. The number of halogens is 2. The van der Waals surface area contributed by atoms with Gasteiger partial charge in [-0.25, -0.2) is 4.39 Å². The zero-order valence-corrected chi connectivity index (χ0v) is 10.1. The molecule has 0 amide bonds. The quantitative estimate of drug-likeness (QED) is 0.634. The number of carbonyl (C=O) groups is 1. The molecule has 0 aromatic heterocycles. The van der Waals surface area contributed by atoms with Gasteiger partial charge in [0, 0.05) is 9.13 Å². The molecule has 0 heterocycles. The van der Waals surface area contributed by atoms with Crippen molar-refractivity contribution < 1.29 is 13.9 Å². The monoisotopic (exact) mass is 308 g/mol. The first kappa shape index (κ1) is 11.4. The zero-order valence-electron chi connectivity index (χ0n) is 7.93. The van der Waals surface area contributed by atoms with Gasteiger partial charge in [0.15, 0.2) is 17.3 Å². The second kappa shape index (κ2) is 4.72. The van der Waals surface area contributed by atoms with Crippen molar-refractivity contribution in [2.24, 2.45) is 0 Å². The second-order valence-electron chi connectivity index (χ2n) is 2.75. The van der Waals surface area contributed by atoms with Crippen molar-refractivity contribution in [1.82, 2.24) is 0 Å². The molecule has 1 aromatic carbocycles. The van der Waals surface area contributed by atoms with Crippen molar-refractivity contribution in [2.45, 2.75) is 13.8 Å². The largest absolute Gasteiger partial charge is 0.491 e. The van der Waals surface area contributed by atoms with E-state index in [1.165, 1.54) is 19.1 Å². The van der Waals surface area contributed by atoms with Gasteiger partial charge in [-0.2, -0.15) is 0 Å². The summed E-state index contributed by atoms with van der Waals surface area (Å²) in [5, 5.41) is 0. The van der Waals surface area contributed by atoms with Gasteiger partial charge in [0.1, 0.15) is 0 Å². The Hall–Kier alpha value is -0.650. The molecule has 0 N–H and O–H groups in total. The van der Waals surface area contributed by atoms with Crippen molar-refractivity contribution in [3.8, 4) is 5.75 Å². The fourth-order valence-corrected chi connectivity index (χ4v) is 1.88. The van der Waals surface area contributed by atoms with Crippen LogP contribution in [0.25, 0.3) is 0 Å². The van der Waals surface area contributed by atoms with Crippen molar-refractivity contribution >= 4 is 28.4 Å². The summed E-state index contributed by atoms with van der Waals surface area (Å²) < 4.78 is 19.1. The Labute approximate surface area is 95.6 Å². The number of carbonyl (C=O) groups excluding carboxylic acids is 1. The van der Waals surface area contributed by atoms with Crippen LogP contribution in [0.3, 0.4) is 0 Å². The van der Waals surface area contributed by atoms with Gasteiger partial charge >= 0.3 is 0 Å². The Morgan fingerprint density at radius 3 is 2.71 bits per heavy atom. The molecule has 0 saturated carbocycles. The molecule has 14 heavy (non-hydrogen) atoms. The Bertz CT molecular complexity index is 363. The fraction of sp³-hybridized carbons (Fsp3) is 0.300. The zero-order chi connectivity index (χ0) is 10.7. The minimum Gasteiger partial charge on any atom is -0.491 e. The maximum Gasteiger partial charge on any atom is 0.165 e. The number of Topliss-reactive ketones (excluding diaryl/α,β-unsaturated/α-hetero) is 1. The van der Waals surface area contributed by atoms with Gasteiger partial charge in [0.25, 0.3) is 0 Å². The lowest BCUT2D eigenvalue weighted by Gasteiger charge is -2.07. The number of ether oxygens (including phenoxy) is 1. The Kier molecular flexibility index (Phi) is 3.86. The molecule has 0 saturated heterocycles. The van der Waals surface area contributed by atoms with Gasteiger partial charge in [-0.1, -0.05) is 0 Å². The molecule has 0 bridgehead atoms. The van der Waals surface area contributed by atoms with E-state index in [4.69, 9.17) is 4.74 Å². The van der Waals surface area contributed by atoms with E-state index in [0.29, 0.717) is 15.7 Å². The van der Waals surface area contributed by atoms with E-state index in [0.717, 1.165) is 0 Å². The molecule has 2 nitrogen and oxygen atoms in total. The first-order chi connectivity index (χ1) is 6.56. The van der Waals surface area contributed by atoms with E-state index >= 15 is 0 Å². The molecule has 76 valence electrons. The number of benzene rings is 1. The van der Waals surface area contributed by atoms with Crippen molar-refractivity contribution in [3.05, 3.63) is 27.1 Å². The molecule has 0 spiro atoms. The van der Waals surface area contributed by atoms with Crippen LogP contribution < -0.4 is 4.74 Å². The van der Waals surface area contributed by atoms with Crippen LogP contribution in [0.15, 0.2) is 12.1 Å². The summed E-state index contributed by atoms with van der Waals surface area (Å²) >= 11 is 1.99. The van der Waals surface area contributed by atoms with E-state index in [1.54, 1.807) is 6.92 Å². The smallest absolute Gasteiger partial charge is 0.165 e. The second-order valence-corrected chi connectivity index (χ2v) is 3.91. The highest BCUT2D eigenvalue weighted by Crippen LogP contribution is 2.24. The first-order valence-electron chi connectivity index (χ1n) is 4.19. The van der Waals surface area contributed by atoms with E-state index in [9.17, 15) is 9.18 Å². The highest BCUT2D eigenvalue weighted by molar-refractivity contribution is 14.1. The third-order valence-electron chi connectivity index (χ3n) is 1.70. The molecule has 0 atom stereocenters. The average molecular weight is 308 g/mol. The molecule has 4 heteroatoms. The molecule has 0 radical (unpaired) electrons. The summed E-state index contributed by atoms with van der Waals surface area (Å²) in [7, 11) is 0. The maximum atomic E-state index is 13.3. The predicted octanol–water partition coefficient (Wildman–Crippen LogP) is 3.03. The Balaban J connectivity index is 3.17. The normalized spacial score (nSPS) is 10.0. The van der Waals surface area contributed by atoms with Crippen molar-refractivity contribution in [2.75, 3.05) is 6.61 Å². The summed E-state index contributed by atoms with van der Waals surface area (Å²) in [5.41, 5.74) is 0.395. The fourth-order valence-electron chi connectivity index (χ4n) is 1.06. The van der Waals surface area contributed by atoms with E-state index in [-0.39, 0.29) is 11.5 Å². The minimum atomic E-state index is -0.488. The Morgan fingerprint density at radius 1 is 1.57 bits per heavy atom. The Morgan fingerprint density at radius 2 is 2.21 bits per heavy atom. The van der Waals surface area contributed by atoms with Crippen LogP contribution in [0.2, 0.25) is 0 Å². The van der Waals surface area contributed by atoms with E-state index in [2.05, 4.69) is 0 Å². The van der Waals surface area contributed by atoms with E-state index < -0.39 is 5.82 Å². The van der Waals surface area contributed by atoms with Crippen LogP contribution in [0.5, 0.6) is 5.75 Å². The van der Waals surface area contributed by atoms with Crippen LogP contribution >= 0.6 is 22.6 Å². The lowest BCUT2D eigenvalue weighted by atomic mass is 10.1. The molecule has 0 fully saturated rings. The van der Waals surface area contributed by atoms with Crippen molar-refractivity contribution in [1.29, 1.82) is 0 Å². The van der Waals surface area contributed by atoms with E-state index in [1.807, 2.05) is 22.6 Å². The van der Waals surface area contributed by atoms with Gasteiger partial charge in [-0.05, 0) is 48.6 Å². The predicted molar refractivity (Wildman–Crippen MR) is 60.3 cm³/mol. The molecule has 0 unspecified atom stereocenters. The van der Waals surface area contributed by atoms with Crippen LogP contribution in [-0.2, 0) is 0 Å². The summed E-state index contributed by atoms with van der Waals surface area (Å²) in [6.07, 6.45) is 0. The van der Waals surface area contributed by atoms with Crippen LogP contribution in [0.4, 0.5) is 4.39 Å². The standard InChI is InChI=1S/C10H10FIO2/c1-3-14-10-5-9(12)7(6(2)13)4-8(10)11/h4-5H,3H2,1-2H3. The van der Waals surface area contributed by atoms with Crippen molar-refractivity contribution in [3.63, 3.8) is 0 Å². The molecule has 0 aliphatic heterocycles. The maximum absolute atomic E-state index is 13.3. The third-order valence-corrected chi connectivity index (χ3v) is 2.59. The molecular weight excluding hydrogens is 298 g/mol. The minimum absolute atomic E-state index is 0.142. The van der Waals surface area contributed by atoms with Gasteiger partial charge in [0.05, 0.1) is 6.61 Å². The van der Waals surface area contributed by atoms with Gasteiger partial charge in [0.2, 0.25) is 0 Å². The number of rotatable bonds is 3. The highest BCUT2D eigenvalue weighted by Gasteiger charge is 2.11. The third kappa shape index (κ3) is 2.43. The van der Waals surface area contributed by atoms with Crippen LogP contribution in [0, 0.1) is 9.39 Å². The number of ketones is 1.